The number of halogens is 2. The third-order valence-corrected chi connectivity index (χ3v) is 5.83. The number of fused-ring (bicyclic) bond motifs is 3. The number of carbonyl (C=O) groups is 1. The first-order chi connectivity index (χ1) is 12.5. The number of benzene rings is 1. The van der Waals surface area contributed by atoms with E-state index >= 15 is 0 Å². The lowest BCUT2D eigenvalue weighted by Gasteiger charge is -2.47. The molecule has 3 aliphatic rings. The van der Waals surface area contributed by atoms with Crippen LogP contribution in [0.1, 0.15) is 25.7 Å². The normalized spacial score (nSPS) is 27.3. The van der Waals surface area contributed by atoms with Gasteiger partial charge in [-0.05, 0) is 73.4 Å². The summed E-state index contributed by atoms with van der Waals surface area (Å²) in [6, 6.07) is 7.55. The third-order valence-electron chi connectivity index (χ3n) is 5.66. The molecule has 5 nitrogen and oxygen atoms in total. The van der Waals surface area contributed by atoms with Gasteiger partial charge in [-0.3, -0.25) is 4.79 Å². The quantitative estimate of drug-likeness (QED) is 0.782. The molecule has 3 saturated carbocycles. The molecule has 0 saturated heterocycles. The average molecular weight is 376 g/mol. The summed E-state index contributed by atoms with van der Waals surface area (Å²) in [5.41, 5.74) is 1.29. The van der Waals surface area contributed by atoms with Gasteiger partial charge in [0.15, 0.2) is 0 Å². The van der Waals surface area contributed by atoms with Crippen molar-refractivity contribution in [2.24, 2.45) is 17.8 Å². The second kappa shape index (κ2) is 6.83. The molecule has 26 heavy (non-hydrogen) atoms. The lowest BCUT2D eigenvalue weighted by molar-refractivity contribution is -0.148. The molecule has 2 bridgehead atoms. The van der Waals surface area contributed by atoms with Crippen LogP contribution in [0.15, 0.2) is 30.3 Å². The molecular weight excluding hydrogens is 357 g/mol. The highest BCUT2D eigenvalue weighted by Crippen LogP contribution is 2.46. The summed E-state index contributed by atoms with van der Waals surface area (Å²) in [6.45, 7) is 0. The highest BCUT2D eigenvalue weighted by atomic mass is 35.5. The zero-order valence-corrected chi connectivity index (χ0v) is 14.8. The summed E-state index contributed by atoms with van der Waals surface area (Å²) < 4.78 is 13.1. The Morgan fingerprint density at radius 2 is 1.77 bits per heavy atom. The van der Waals surface area contributed by atoms with Gasteiger partial charge in [-0.15, -0.1) is 0 Å². The van der Waals surface area contributed by atoms with Crippen LogP contribution in [0.2, 0.25) is 5.28 Å². The number of hydrogen-bond acceptors (Lipinski definition) is 4. The molecular formula is C19H19ClFN3O2. The fraction of sp³-hybridized carbons (Fsp3) is 0.421. The Morgan fingerprint density at radius 3 is 2.42 bits per heavy atom. The van der Waals surface area contributed by atoms with Gasteiger partial charge in [0.1, 0.15) is 11.6 Å². The summed E-state index contributed by atoms with van der Waals surface area (Å²) >= 11 is 6.07. The highest BCUT2D eigenvalue weighted by Gasteiger charge is 2.47. The predicted octanol–water partition coefficient (Wildman–Crippen LogP) is 4.24. The monoisotopic (exact) mass is 375 g/mol. The van der Waals surface area contributed by atoms with E-state index in [1.165, 1.54) is 12.1 Å². The van der Waals surface area contributed by atoms with Gasteiger partial charge < -0.3 is 10.4 Å². The molecule has 136 valence electrons. The number of nitrogens with zero attached hydrogens (tertiary/aromatic N) is 2. The summed E-state index contributed by atoms with van der Waals surface area (Å²) in [6.07, 6.45) is 4.03. The Kier molecular flexibility index (Phi) is 4.53. The SMILES string of the molecule is O=C(O)C1C2CCC(CC2)C1Nc1cc(-c2ccc(F)cc2)nc(Cl)n1. The van der Waals surface area contributed by atoms with E-state index in [2.05, 4.69) is 15.3 Å². The van der Waals surface area contributed by atoms with Crippen LogP contribution in [0.25, 0.3) is 11.3 Å². The Bertz CT molecular complexity index is 822. The van der Waals surface area contributed by atoms with Crippen molar-refractivity contribution < 1.29 is 14.3 Å². The van der Waals surface area contributed by atoms with Gasteiger partial charge in [-0.1, -0.05) is 0 Å². The zero-order valence-electron chi connectivity index (χ0n) is 14.0. The molecule has 1 aromatic carbocycles. The van der Waals surface area contributed by atoms with Crippen molar-refractivity contribution in [3.8, 4) is 11.3 Å². The van der Waals surface area contributed by atoms with E-state index in [1.807, 2.05) is 0 Å². The Morgan fingerprint density at radius 1 is 1.12 bits per heavy atom. The lowest BCUT2D eigenvalue weighted by Crippen LogP contribution is -2.51. The van der Waals surface area contributed by atoms with Crippen molar-refractivity contribution in [3.63, 3.8) is 0 Å². The number of carboxylic acid groups (broad SMARTS) is 1. The Balaban J connectivity index is 1.63. The molecule has 7 heteroatoms. The van der Waals surface area contributed by atoms with E-state index < -0.39 is 11.9 Å². The van der Waals surface area contributed by atoms with Gasteiger partial charge in [0, 0.05) is 17.7 Å². The maximum absolute atomic E-state index is 13.1. The van der Waals surface area contributed by atoms with E-state index in [-0.39, 0.29) is 23.1 Å². The van der Waals surface area contributed by atoms with Crippen molar-refractivity contribution in [1.82, 2.24) is 9.97 Å². The number of anilines is 1. The third kappa shape index (κ3) is 3.26. The smallest absolute Gasteiger partial charge is 0.308 e. The molecule has 0 aliphatic heterocycles. The van der Waals surface area contributed by atoms with Crippen molar-refractivity contribution >= 4 is 23.4 Å². The van der Waals surface area contributed by atoms with Gasteiger partial charge in [-0.25, -0.2) is 14.4 Å². The number of hydrogen-bond donors (Lipinski definition) is 2. The van der Waals surface area contributed by atoms with Crippen LogP contribution < -0.4 is 5.32 Å². The second-order valence-corrected chi connectivity index (χ2v) is 7.46. The average Bonchev–Trinajstić information content (AvgIpc) is 2.62. The maximum Gasteiger partial charge on any atom is 0.308 e. The number of aliphatic carboxylic acids is 1. The minimum atomic E-state index is -0.754. The largest absolute Gasteiger partial charge is 0.481 e. The molecule has 3 fully saturated rings. The number of carboxylic acids is 1. The van der Waals surface area contributed by atoms with Crippen LogP contribution in [0.4, 0.5) is 10.2 Å². The minimum absolute atomic E-state index is 0.0715. The lowest BCUT2D eigenvalue weighted by atomic mass is 9.61. The van der Waals surface area contributed by atoms with Gasteiger partial charge in [0.05, 0.1) is 11.6 Å². The minimum Gasteiger partial charge on any atom is -0.481 e. The van der Waals surface area contributed by atoms with Crippen molar-refractivity contribution in [1.29, 1.82) is 0 Å². The second-order valence-electron chi connectivity index (χ2n) is 7.12. The van der Waals surface area contributed by atoms with E-state index in [0.29, 0.717) is 17.4 Å². The molecule has 0 radical (unpaired) electrons. The van der Waals surface area contributed by atoms with Crippen molar-refractivity contribution in [2.75, 3.05) is 5.32 Å². The summed E-state index contributed by atoms with van der Waals surface area (Å²) in [5, 5.41) is 13.1. The molecule has 2 N–H and O–H groups in total. The molecule has 5 rings (SSSR count). The Labute approximate surface area is 155 Å². The fourth-order valence-corrected chi connectivity index (χ4v) is 4.63. The number of rotatable bonds is 4. The first-order valence-corrected chi connectivity index (χ1v) is 9.19. The molecule has 2 aromatic rings. The molecule has 3 aliphatic carbocycles. The summed E-state index contributed by atoms with van der Waals surface area (Å²) in [7, 11) is 0. The predicted molar refractivity (Wildman–Crippen MR) is 96.4 cm³/mol. The van der Waals surface area contributed by atoms with Gasteiger partial charge in [-0.2, -0.15) is 0 Å². The van der Waals surface area contributed by atoms with Crippen molar-refractivity contribution in [3.05, 3.63) is 41.4 Å². The van der Waals surface area contributed by atoms with Gasteiger partial charge >= 0.3 is 5.97 Å². The van der Waals surface area contributed by atoms with Crippen LogP contribution in [0.5, 0.6) is 0 Å². The van der Waals surface area contributed by atoms with E-state index in [1.54, 1.807) is 18.2 Å². The fourth-order valence-electron chi connectivity index (χ4n) is 4.44. The van der Waals surface area contributed by atoms with E-state index in [0.717, 1.165) is 31.2 Å². The molecule has 1 aromatic heterocycles. The summed E-state index contributed by atoms with van der Waals surface area (Å²) in [5.74, 6) is -0.447. The molecule has 2 unspecified atom stereocenters. The van der Waals surface area contributed by atoms with Gasteiger partial charge in [0.25, 0.3) is 0 Å². The molecule has 0 spiro atoms. The molecule has 0 amide bonds. The van der Waals surface area contributed by atoms with Crippen LogP contribution in [0.3, 0.4) is 0 Å². The van der Waals surface area contributed by atoms with Crippen LogP contribution in [-0.4, -0.2) is 27.1 Å². The maximum atomic E-state index is 13.1. The molecule has 1 heterocycles. The standard InChI is InChI=1S/C19H19ClFN3O2/c20-19-22-14(10-5-7-13(21)8-6-10)9-15(24-19)23-17-12-3-1-11(2-4-12)16(17)18(25)26/h5-9,11-12,16-17H,1-4H2,(H,25,26)(H,22,23,24). The first-order valence-electron chi connectivity index (χ1n) is 8.81. The summed E-state index contributed by atoms with van der Waals surface area (Å²) in [4.78, 5) is 20.2. The topological polar surface area (TPSA) is 75.1 Å². The van der Waals surface area contributed by atoms with Crippen LogP contribution in [-0.2, 0) is 4.79 Å². The number of nitrogens with one attached hydrogen (secondary N) is 1. The zero-order chi connectivity index (χ0) is 18.3. The van der Waals surface area contributed by atoms with Crippen LogP contribution >= 0.6 is 11.6 Å². The molecule has 2 atom stereocenters. The Hall–Kier alpha value is -2.21. The van der Waals surface area contributed by atoms with Crippen molar-refractivity contribution in [2.45, 2.75) is 31.7 Å². The van der Waals surface area contributed by atoms with Crippen LogP contribution in [0, 0.1) is 23.6 Å². The number of aromatic nitrogens is 2. The van der Waals surface area contributed by atoms with E-state index in [4.69, 9.17) is 11.6 Å². The van der Waals surface area contributed by atoms with Gasteiger partial charge in [0.2, 0.25) is 5.28 Å². The highest BCUT2D eigenvalue weighted by molar-refractivity contribution is 6.28. The van der Waals surface area contributed by atoms with E-state index in [9.17, 15) is 14.3 Å². The first kappa shape index (κ1) is 17.2.